The number of primary amides is 1. The normalized spacial score (nSPS) is 13.8. The van der Waals surface area contributed by atoms with Crippen LogP contribution in [0.15, 0.2) is 35.5 Å². The summed E-state index contributed by atoms with van der Waals surface area (Å²) in [5.41, 5.74) is 5.64. The van der Waals surface area contributed by atoms with E-state index in [0.29, 0.717) is 17.3 Å². The molecule has 2 rings (SSSR count). The highest BCUT2D eigenvalue weighted by Crippen LogP contribution is 2.27. The average molecular weight is 305 g/mol. The minimum Gasteiger partial charge on any atom is -0.368 e. The smallest absolute Gasteiger partial charge is 0.242 e. The Morgan fingerprint density at radius 1 is 1.43 bits per heavy atom. The summed E-state index contributed by atoms with van der Waals surface area (Å²) in [4.78, 5) is 16.2. The van der Waals surface area contributed by atoms with Crippen LogP contribution in [0.25, 0.3) is 0 Å². The number of carbonyl (C=O) groups excluding carboxylic acids is 1. The molecule has 1 atom stereocenters. The molecule has 0 aliphatic heterocycles. The highest BCUT2D eigenvalue weighted by Gasteiger charge is 2.36. The molecule has 0 radical (unpaired) electrons. The number of nitrogens with two attached hydrogens (primary N) is 1. The van der Waals surface area contributed by atoms with Crippen molar-refractivity contribution < 1.29 is 4.79 Å². The van der Waals surface area contributed by atoms with E-state index in [1.807, 2.05) is 37.3 Å². The van der Waals surface area contributed by atoms with Crippen LogP contribution in [0, 0.1) is 6.92 Å². The van der Waals surface area contributed by atoms with Crippen LogP contribution in [0.1, 0.15) is 17.8 Å². The molecule has 0 aliphatic carbocycles. The number of carbonyl (C=O) groups is 1. The molecule has 0 fully saturated rings. The summed E-state index contributed by atoms with van der Waals surface area (Å²) in [6, 6.07) is 9.52. The summed E-state index contributed by atoms with van der Waals surface area (Å²) in [5, 5.41) is 10.6. The molecule has 4 N–H and O–H groups in total. The predicted molar refractivity (Wildman–Crippen MR) is 82.8 cm³/mol. The number of aromatic amines is 1. The molecule has 0 bridgehead atoms. The maximum Gasteiger partial charge on any atom is 0.242 e. The van der Waals surface area contributed by atoms with Crippen LogP contribution in [-0.4, -0.2) is 33.9 Å². The summed E-state index contributed by atoms with van der Waals surface area (Å²) in [7, 11) is 1.75. The predicted octanol–water partition coefficient (Wildman–Crippen LogP) is 1.20. The van der Waals surface area contributed by atoms with Crippen molar-refractivity contribution in [3.8, 4) is 0 Å². The fourth-order valence-corrected chi connectivity index (χ4v) is 3.11. The average Bonchev–Trinajstić information content (AvgIpc) is 2.90. The van der Waals surface area contributed by atoms with E-state index in [9.17, 15) is 4.79 Å². The molecule has 0 saturated carbocycles. The highest BCUT2D eigenvalue weighted by atomic mass is 32.2. The van der Waals surface area contributed by atoms with Gasteiger partial charge in [0.2, 0.25) is 11.1 Å². The summed E-state index contributed by atoms with van der Waals surface area (Å²) >= 11 is 1.49. The van der Waals surface area contributed by atoms with Gasteiger partial charge in [0.1, 0.15) is 11.4 Å². The Balaban J connectivity index is 2.12. The highest BCUT2D eigenvalue weighted by molar-refractivity contribution is 7.99. The van der Waals surface area contributed by atoms with Gasteiger partial charge >= 0.3 is 0 Å². The second-order valence-corrected chi connectivity index (χ2v) is 5.75. The number of hydrogen-bond acceptors (Lipinski definition) is 5. The zero-order chi connectivity index (χ0) is 15.3. The Morgan fingerprint density at radius 3 is 2.67 bits per heavy atom. The third kappa shape index (κ3) is 3.43. The summed E-state index contributed by atoms with van der Waals surface area (Å²) in [6.45, 7) is 1.85. The van der Waals surface area contributed by atoms with E-state index in [2.05, 4.69) is 20.5 Å². The molecular formula is C14H19N5OS. The summed E-state index contributed by atoms with van der Waals surface area (Å²) < 4.78 is 0. The minimum absolute atomic E-state index is 0.386. The quantitative estimate of drug-likeness (QED) is 0.668. The molecule has 6 nitrogen and oxygen atoms in total. The molecule has 0 aliphatic rings. The van der Waals surface area contributed by atoms with E-state index in [0.717, 1.165) is 11.4 Å². The number of nitrogens with one attached hydrogen (secondary N) is 2. The molecule has 1 amide bonds. The Morgan fingerprint density at radius 2 is 2.14 bits per heavy atom. The van der Waals surface area contributed by atoms with E-state index >= 15 is 0 Å². The largest absolute Gasteiger partial charge is 0.368 e. The third-order valence-corrected chi connectivity index (χ3v) is 4.25. The Hall–Kier alpha value is -1.86. The van der Waals surface area contributed by atoms with E-state index in [-0.39, 0.29) is 5.91 Å². The van der Waals surface area contributed by atoms with E-state index in [1.165, 1.54) is 11.8 Å². The van der Waals surface area contributed by atoms with Gasteiger partial charge in [0.05, 0.1) is 0 Å². The standard InChI is InChI=1S/C14H19N5OS/c1-10-17-13(19-18-10)21-9-8-14(16-2,12(15)20)11-6-4-3-5-7-11/h3-7,16H,8-9H2,1-2H3,(H2,15,20)(H,17,18,19). The first-order chi connectivity index (χ1) is 10.1. The number of aryl methyl sites for hydroxylation is 1. The monoisotopic (exact) mass is 305 g/mol. The molecule has 112 valence electrons. The molecule has 1 unspecified atom stereocenters. The van der Waals surface area contributed by atoms with Crippen LogP contribution in [0.4, 0.5) is 0 Å². The van der Waals surface area contributed by atoms with Crippen molar-refractivity contribution in [3.63, 3.8) is 0 Å². The van der Waals surface area contributed by atoms with Gasteiger partial charge in [-0.05, 0) is 26.0 Å². The van der Waals surface area contributed by atoms with Gasteiger partial charge in [0, 0.05) is 5.75 Å². The third-order valence-electron chi connectivity index (χ3n) is 3.40. The van der Waals surface area contributed by atoms with Gasteiger partial charge in [0.25, 0.3) is 0 Å². The van der Waals surface area contributed by atoms with Crippen molar-refractivity contribution in [1.29, 1.82) is 0 Å². The second kappa shape index (κ2) is 6.73. The van der Waals surface area contributed by atoms with Crippen LogP contribution in [0.3, 0.4) is 0 Å². The Kier molecular flexibility index (Phi) is 4.98. The first-order valence-corrected chi connectivity index (χ1v) is 7.63. The van der Waals surface area contributed by atoms with Gasteiger partial charge in [-0.3, -0.25) is 9.89 Å². The van der Waals surface area contributed by atoms with Crippen molar-refractivity contribution in [3.05, 3.63) is 41.7 Å². The zero-order valence-electron chi connectivity index (χ0n) is 12.1. The number of hydrogen-bond donors (Lipinski definition) is 3. The number of amides is 1. The molecular weight excluding hydrogens is 286 g/mol. The molecule has 0 spiro atoms. The fraction of sp³-hybridized carbons (Fsp3) is 0.357. The number of nitrogens with zero attached hydrogens (tertiary/aromatic N) is 2. The lowest BCUT2D eigenvalue weighted by Crippen LogP contribution is -2.51. The maximum absolute atomic E-state index is 12.0. The molecule has 2 aromatic rings. The van der Waals surface area contributed by atoms with Gasteiger partial charge in [-0.15, -0.1) is 5.10 Å². The van der Waals surface area contributed by atoms with E-state index in [1.54, 1.807) is 7.05 Å². The van der Waals surface area contributed by atoms with Crippen molar-refractivity contribution in [2.45, 2.75) is 24.0 Å². The first-order valence-electron chi connectivity index (χ1n) is 6.64. The SMILES string of the molecule is CNC(CCSc1n[nH]c(C)n1)(C(N)=O)c1ccccc1. The van der Waals surface area contributed by atoms with Crippen molar-refractivity contribution in [1.82, 2.24) is 20.5 Å². The number of benzene rings is 1. The second-order valence-electron chi connectivity index (χ2n) is 4.69. The minimum atomic E-state index is -0.875. The Labute approximate surface area is 127 Å². The summed E-state index contributed by atoms with van der Waals surface area (Å²) in [6.07, 6.45) is 0.557. The van der Waals surface area contributed by atoms with Crippen LogP contribution in [0.5, 0.6) is 0 Å². The number of rotatable bonds is 7. The van der Waals surface area contributed by atoms with Gasteiger partial charge < -0.3 is 11.1 Å². The van der Waals surface area contributed by atoms with E-state index < -0.39 is 5.54 Å². The summed E-state index contributed by atoms with van der Waals surface area (Å²) in [5.74, 6) is 1.06. The number of likely N-dealkylation sites (N-methyl/N-ethyl adjacent to an activating group) is 1. The molecule has 1 heterocycles. The lowest BCUT2D eigenvalue weighted by molar-refractivity contribution is -0.124. The topological polar surface area (TPSA) is 96.7 Å². The number of H-pyrrole nitrogens is 1. The number of thioether (sulfide) groups is 1. The molecule has 7 heteroatoms. The molecule has 1 aromatic heterocycles. The van der Waals surface area contributed by atoms with Gasteiger partial charge in [-0.2, -0.15) is 0 Å². The van der Waals surface area contributed by atoms with Crippen LogP contribution < -0.4 is 11.1 Å². The molecule has 21 heavy (non-hydrogen) atoms. The molecule has 1 aromatic carbocycles. The fourth-order valence-electron chi connectivity index (χ4n) is 2.21. The maximum atomic E-state index is 12.0. The number of aromatic nitrogens is 3. The van der Waals surface area contributed by atoms with E-state index in [4.69, 9.17) is 5.73 Å². The van der Waals surface area contributed by atoms with Crippen LogP contribution >= 0.6 is 11.8 Å². The van der Waals surface area contributed by atoms with Crippen molar-refractivity contribution in [2.75, 3.05) is 12.8 Å². The van der Waals surface area contributed by atoms with Gasteiger partial charge in [-0.25, -0.2) is 4.98 Å². The van der Waals surface area contributed by atoms with Gasteiger partial charge in [0.15, 0.2) is 0 Å². The van der Waals surface area contributed by atoms with Crippen molar-refractivity contribution >= 4 is 17.7 Å². The Bertz CT molecular complexity index is 600. The lowest BCUT2D eigenvalue weighted by atomic mass is 9.86. The first kappa shape index (κ1) is 15.5. The van der Waals surface area contributed by atoms with Crippen LogP contribution in [-0.2, 0) is 10.3 Å². The molecule has 0 saturated heterocycles. The zero-order valence-corrected chi connectivity index (χ0v) is 12.9. The van der Waals surface area contributed by atoms with Crippen molar-refractivity contribution in [2.24, 2.45) is 5.73 Å². The van der Waals surface area contributed by atoms with Gasteiger partial charge in [-0.1, -0.05) is 42.1 Å². The lowest BCUT2D eigenvalue weighted by Gasteiger charge is -2.30. The van der Waals surface area contributed by atoms with Crippen LogP contribution in [0.2, 0.25) is 0 Å².